The first-order valence-corrected chi connectivity index (χ1v) is 6.21. The molecule has 1 unspecified atom stereocenters. The Morgan fingerprint density at radius 1 is 1.26 bits per heavy atom. The van der Waals surface area contributed by atoms with Crippen molar-refractivity contribution in [3.05, 3.63) is 59.7 Å². The molecular weight excluding hydrogens is 243 g/mol. The van der Waals surface area contributed by atoms with Gasteiger partial charge in [0.15, 0.2) is 11.6 Å². The van der Waals surface area contributed by atoms with E-state index >= 15 is 0 Å². The zero-order chi connectivity index (χ0) is 13.7. The number of para-hydroxylation sites is 1. The fraction of sp³-hybridized carbons (Fsp3) is 0.267. The second-order valence-corrected chi connectivity index (χ2v) is 4.55. The van der Waals surface area contributed by atoms with Crippen molar-refractivity contribution in [2.75, 3.05) is 0 Å². The quantitative estimate of drug-likeness (QED) is 0.899. The molecule has 2 N–H and O–H groups in total. The molecule has 0 aliphatic carbocycles. The van der Waals surface area contributed by atoms with Crippen LogP contribution >= 0.6 is 0 Å². The lowest BCUT2D eigenvalue weighted by Crippen LogP contribution is -2.18. The molecule has 100 valence electrons. The van der Waals surface area contributed by atoms with E-state index < -0.39 is 0 Å². The van der Waals surface area contributed by atoms with Crippen molar-refractivity contribution in [3.8, 4) is 5.75 Å². The van der Waals surface area contributed by atoms with Crippen molar-refractivity contribution in [1.29, 1.82) is 0 Å². The smallest absolute Gasteiger partial charge is 0.165 e. The Labute approximate surface area is 112 Å². The van der Waals surface area contributed by atoms with Gasteiger partial charge in [-0.3, -0.25) is 4.98 Å². The van der Waals surface area contributed by atoms with Crippen molar-refractivity contribution >= 4 is 0 Å². The molecule has 1 aromatic carbocycles. The van der Waals surface area contributed by atoms with Crippen LogP contribution in [-0.2, 0) is 13.0 Å². The molecule has 1 aromatic heterocycles. The van der Waals surface area contributed by atoms with Gasteiger partial charge >= 0.3 is 0 Å². The maximum atomic E-state index is 13.8. The van der Waals surface area contributed by atoms with Gasteiger partial charge in [-0.2, -0.15) is 0 Å². The van der Waals surface area contributed by atoms with Gasteiger partial charge in [0.1, 0.15) is 6.61 Å². The van der Waals surface area contributed by atoms with Gasteiger partial charge in [-0.1, -0.05) is 12.1 Å². The zero-order valence-corrected chi connectivity index (χ0v) is 10.8. The summed E-state index contributed by atoms with van der Waals surface area (Å²) < 4.78 is 19.4. The van der Waals surface area contributed by atoms with E-state index in [2.05, 4.69) is 4.98 Å². The molecule has 0 aliphatic rings. The maximum Gasteiger partial charge on any atom is 0.165 e. The Bertz CT molecular complexity index is 529. The van der Waals surface area contributed by atoms with Gasteiger partial charge in [0, 0.05) is 18.4 Å². The summed E-state index contributed by atoms with van der Waals surface area (Å²) in [4.78, 5) is 3.93. The first-order valence-electron chi connectivity index (χ1n) is 6.21. The van der Waals surface area contributed by atoms with Gasteiger partial charge in [0.25, 0.3) is 0 Å². The second-order valence-electron chi connectivity index (χ2n) is 4.55. The van der Waals surface area contributed by atoms with E-state index in [1.165, 1.54) is 6.07 Å². The Hall–Kier alpha value is -1.94. The van der Waals surface area contributed by atoms with Gasteiger partial charge in [0.05, 0.1) is 0 Å². The number of halogens is 1. The number of nitrogens with two attached hydrogens (primary N) is 1. The second kappa shape index (κ2) is 6.29. The van der Waals surface area contributed by atoms with E-state index in [4.69, 9.17) is 10.5 Å². The standard InChI is InChI=1S/C15H17FN2O/c1-11(17)9-13-3-2-4-14(16)15(13)19-10-12-5-7-18-8-6-12/h2-8,11H,9-10,17H2,1H3. The molecule has 0 saturated heterocycles. The van der Waals surface area contributed by atoms with Crippen molar-refractivity contribution in [2.24, 2.45) is 5.73 Å². The third kappa shape index (κ3) is 3.76. The lowest BCUT2D eigenvalue weighted by molar-refractivity contribution is 0.286. The van der Waals surface area contributed by atoms with Crippen LogP contribution in [0.3, 0.4) is 0 Å². The molecule has 3 nitrogen and oxygen atoms in total. The number of benzene rings is 1. The third-order valence-corrected chi connectivity index (χ3v) is 2.72. The van der Waals surface area contributed by atoms with E-state index in [1.807, 2.05) is 25.1 Å². The zero-order valence-electron chi connectivity index (χ0n) is 10.8. The predicted octanol–water partition coefficient (Wildman–Crippen LogP) is 2.69. The first kappa shape index (κ1) is 13.5. The van der Waals surface area contributed by atoms with Gasteiger partial charge in [-0.05, 0) is 42.7 Å². The monoisotopic (exact) mass is 260 g/mol. The predicted molar refractivity (Wildman–Crippen MR) is 72.3 cm³/mol. The average molecular weight is 260 g/mol. The van der Waals surface area contributed by atoms with Crippen molar-refractivity contribution in [2.45, 2.75) is 26.0 Å². The van der Waals surface area contributed by atoms with Crippen molar-refractivity contribution in [1.82, 2.24) is 4.98 Å². The average Bonchev–Trinajstić information content (AvgIpc) is 2.38. The van der Waals surface area contributed by atoms with Gasteiger partial charge in [-0.25, -0.2) is 4.39 Å². The van der Waals surface area contributed by atoms with Crippen molar-refractivity contribution < 1.29 is 9.13 Å². The molecule has 4 heteroatoms. The van der Waals surface area contributed by atoms with E-state index in [-0.39, 0.29) is 17.6 Å². The highest BCUT2D eigenvalue weighted by molar-refractivity contribution is 5.35. The first-order chi connectivity index (χ1) is 9.16. The molecule has 0 saturated carbocycles. The summed E-state index contributed by atoms with van der Waals surface area (Å²) in [6.45, 7) is 2.20. The molecule has 0 radical (unpaired) electrons. The molecule has 0 amide bonds. The lowest BCUT2D eigenvalue weighted by atomic mass is 10.1. The number of hydrogen-bond acceptors (Lipinski definition) is 3. The van der Waals surface area contributed by atoms with Crippen LogP contribution in [0.4, 0.5) is 4.39 Å². The van der Waals surface area contributed by atoms with Crippen LogP contribution in [0.5, 0.6) is 5.75 Å². The van der Waals surface area contributed by atoms with Crippen LogP contribution < -0.4 is 10.5 Å². The lowest BCUT2D eigenvalue weighted by Gasteiger charge is -2.13. The summed E-state index contributed by atoms with van der Waals surface area (Å²) in [5.74, 6) is -0.0659. The number of pyridine rings is 1. The fourth-order valence-electron chi connectivity index (χ4n) is 1.86. The van der Waals surface area contributed by atoms with Crippen LogP contribution in [0.2, 0.25) is 0 Å². The van der Waals surface area contributed by atoms with E-state index in [9.17, 15) is 4.39 Å². The van der Waals surface area contributed by atoms with Crippen LogP contribution in [0.25, 0.3) is 0 Å². The Morgan fingerprint density at radius 3 is 2.68 bits per heavy atom. The summed E-state index contributed by atoms with van der Waals surface area (Å²) in [5, 5.41) is 0. The number of ether oxygens (including phenoxy) is 1. The summed E-state index contributed by atoms with van der Waals surface area (Å²) in [6, 6.07) is 8.55. The summed E-state index contributed by atoms with van der Waals surface area (Å²) in [5.41, 5.74) is 7.51. The highest BCUT2D eigenvalue weighted by Crippen LogP contribution is 2.24. The van der Waals surface area contributed by atoms with Gasteiger partial charge in [-0.15, -0.1) is 0 Å². The largest absolute Gasteiger partial charge is 0.486 e. The SMILES string of the molecule is CC(N)Cc1cccc(F)c1OCc1ccncc1. The van der Waals surface area contributed by atoms with E-state index in [1.54, 1.807) is 18.5 Å². The molecule has 2 aromatic rings. The Balaban J connectivity index is 2.14. The molecule has 1 heterocycles. The van der Waals surface area contributed by atoms with E-state index in [0.717, 1.165) is 11.1 Å². The number of nitrogens with zero attached hydrogens (tertiary/aromatic N) is 1. The highest BCUT2D eigenvalue weighted by atomic mass is 19.1. The molecule has 2 rings (SSSR count). The van der Waals surface area contributed by atoms with Crippen molar-refractivity contribution in [3.63, 3.8) is 0 Å². The number of rotatable bonds is 5. The summed E-state index contributed by atoms with van der Waals surface area (Å²) in [6.07, 6.45) is 3.95. The number of aromatic nitrogens is 1. The summed E-state index contributed by atoms with van der Waals surface area (Å²) in [7, 11) is 0. The molecular formula is C15H17FN2O. The third-order valence-electron chi connectivity index (χ3n) is 2.72. The molecule has 0 spiro atoms. The Morgan fingerprint density at radius 2 is 2.00 bits per heavy atom. The van der Waals surface area contributed by atoms with Crippen LogP contribution in [-0.4, -0.2) is 11.0 Å². The highest BCUT2D eigenvalue weighted by Gasteiger charge is 2.11. The normalized spacial score (nSPS) is 12.2. The Kier molecular flexibility index (Phi) is 4.47. The summed E-state index contributed by atoms with van der Waals surface area (Å²) >= 11 is 0. The molecule has 0 aliphatic heterocycles. The van der Waals surface area contributed by atoms with Crippen LogP contribution in [0, 0.1) is 5.82 Å². The minimum absolute atomic E-state index is 0.0370. The topological polar surface area (TPSA) is 48.1 Å². The molecule has 0 bridgehead atoms. The van der Waals surface area contributed by atoms with Gasteiger partial charge < -0.3 is 10.5 Å². The fourth-order valence-corrected chi connectivity index (χ4v) is 1.86. The molecule has 0 fully saturated rings. The van der Waals surface area contributed by atoms with Crippen LogP contribution in [0.1, 0.15) is 18.1 Å². The maximum absolute atomic E-state index is 13.8. The van der Waals surface area contributed by atoms with E-state index in [0.29, 0.717) is 13.0 Å². The van der Waals surface area contributed by atoms with Crippen LogP contribution in [0.15, 0.2) is 42.7 Å². The minimum Gasteiger partial charge on any atom is -0.486 e. The van der Waals surface area contributed by atoms with Gasteiger partial charge in [0.2, 0.25) is 0 Å². The minimum atomic E-state index is -0.354. The molecule has 19 heavy (non-hydrogen) atoms. The number of hydrogen-bond donors (Lipinski definition) is 1. The molecule has 1 atom stereocenters.